The Kier molecular flexibility index (Phi) is 5.54. The van der Waals surface area contributed by atoms with Crippen molar-refractivity contribution in [3.8, 4) is 0 Å². The van der Waals surface area contributed by atoms with Gasteiger partial charge in [-0.05, 0) is 38.0 Å². The van der Waals surface area contributed by atoms with E-state index in [9.17, 15) is 19.2 Å². The highest BCUT2D eigenvalue weighted by atomic mass is 32.2. The first-order chi connectivity index (χ1) is 14.7. The number of hydrogen-bond acceptors (Lipinski definition) is 7. The molecule has 160 valence electrons. The molecule has 4 rings (SSSR count). The fourth-order valence-corrected chi connectivity index (χ4v) is 5.27. The van der Waals surface area contributed by atoms with E-state index >= 15 is 0 Å². The van der Waals surface area contributed by atoms with Crippen molar-refractivity contribution in [1.29, 1.82) is 0 Å². The van der Waals surface area contributed by atoms with Gasteiger partial charge in [0.1, 0.15) is 17.2 Å². The van der Waals surface area contributed by atoms with Crippen molar-refractivity contribution >= 4 is 51.2 Å². The second-order valence-electron chi connectivity index (χ2n) is 7.19. The van der Waals surface area contributed by atoms with E-state index in [0.717, 1.165) is 32.4 Å². The number of hydrazine groups is 1. The molecule has 0 saturated carbocycles. The molecule has 4 amide bonds. The highest BCUT2D eigenvalue weighted by Gasteiger charge is 2.29. The maximum atomic E-state index is 12.7. The average Bonchev–Trinajstić information content (AvgIpc) is 3.21. The topological polar surface area (TPSA) is 124 Å². The summed E-state index contributed by atoms with van der Waals surface area (Å²) in [5.41, 5.74) is 4.86. The van der Waals surface area contributed by atoms with Crippen LogP contribution < -0.4 is 16.3 Å². The number of aromatic amines is 1. The van der Waals surface area contributed by atoms with Crippen LogP contribution in [-0.2, 0) is 10.5 Å². The SMILES string of the molecule is Cc1ccc(C)c(SCc2nc3sc(C(=O)NN4CC(=O)NC4=O)c(C)c3c(=O)[nH]2)c1. The van der Waals surface area contributed by atoms with Gasteiger partial charge in [0.2, 0.25) is 5.91 Å². The Morgan fingerprint density at radius 1 is 1.26 bits per heavy atom. The number of hydrogen-bond donors (Lipinski definition) is 3. The molecule has 0 atom stereocenters. The molecule has 0 aliphatic carbocycles. The van der Waals surface area contributed by atoms with Gasteiger partial charge in [0.05, 0.1) is 16.0 Å². The molecule has 1 saturated heterocycles. The lowest BCUT2D eigenvalue weighted by Crippen LogP contribution is -2.44. The summed E-state index contributed by atoms with van der Waals surface area (Å²) in [4.78, 5) is 57.4. The second-order valence-corrected chi connectivity index (χ2v) is 9.20. The van der Waals surface area contributed by atoms with Crippen molar-refractivity contribution in [2.24, 2.45) is 0 Å². The molecule has 9 nitrogen and oxygen atoms in total. The molecular weight excluding hydrogens is 438 g/mol. The van der Waals surface area contributed by atoms with Crippen molar-refractivity contribution in [3.63, 3.8) is 0 Å². The van der Waals surface area contributed by atoms with E-state index in [-0.39, 0.29) is 17.0 Å². The zero-order valence-corrected chi connectivity index (χ0v) is 18.6. The number of nitrogens with zero attached hydrogens (tertiary/aromatic N) is 2. The van der Waals surface area contributed by atoms with E-state index in [1.807, 2.05) is 19.9 Å². The molecule has 11 heteroatoms. The van der Waals surface area contributed by atoms with Gasteiger partial charge in [-0.1, -0.05) is 17.7 Å². The van der Waals surface area contributed by atoms with E-state index in [4.69, 9.17) is 0 Å². The Labute approximate surface area is 185 Å². The van der Waals surface area contributed by atoms with Gasteiger partial charge in [0.15, 0.2) is 0 Å². The van der Waals surface area contributed by atoms with Crippen LogP contribution in [0.2, 0.25) is 0 Å². The largest absolute Gasteiger partial charge is 0.343 e. The number of thiophene rings is 1. The summed E-state index contributed by atoms with van der Waals surface area (Å²) in [6.07, 6.45) is 0. The van der Waals surface area contributed by atoms with Gasteiger partial charge >= 0.3 is 6.03 Å². The molecule has 0 spiro atoms. The first-order valence-corrected chi connectivity index (χ1v) is 11.2. The number of nitrogens with one attached hydrogen (secondary N) is 3. The molecule has 3 aromatic rings. The Balaban J connectivity index is 1.58. The lowest BCUT2D eigenvalue weighted by molar-refractivity contribution is -0.118. The standard InChI is InChI=1S/C20H19N5O4S2/c1-9-4-5-10(2)12(6-9)30-8-13-21-17(27)15-11(3)16(31-19(15)22-13)18(28)24-25-7-14(26)23-20(25)29/h4-6H,7-8H2,1-3H3,(H,24,28)(H,21,22,27)(H,23,26,29). The summed E-state index contributed by atoms with van der Waals surface area (Å²) in [6.45, 7) is 5.46. The molecule has 31 heavy (non-hydrogen) atoms. The van der Waals surface area contributed by atoms with Crippen molar-refractivity contribution in [3.05, 3.63) is 55.9 Å². The van der Waals surface area contributed by atoms with Gasteiger partial charge in [-0.2, -0.15) is 0 Å². The number of aromatic nitrogens is 2. The zero-order chi connectivity index (χ0) is 22.3. The molecule has 3 heterocycles. The maximum Gasteiger partial charge on any atom is 0.343 e. The lowest BCUT2D eigenvalue weighted by Gasteiger charge is -2.13. The lowest BCUT2D eigenvalue weighted by atomic mass is 10.2. The Morgan fingerprint density at radius 2 is 2.03 bits per heavy atom. The predicted molar refractivity (Wildman–Crippen MR) is 118 cm³/mol. The number of urea groups is 1. The summed E-state index contributed by atoms with van der Waals surface area (Å²) in [5, 5.41) is 3.33. The van der Waals surface area contributed by atoms with E-state index < -0.39 is 17.8 Å². The molecule has 2 aromatic heterocycles. The number of fused-ring (bicyclic) bond motifs is 1. The molecule has 1 fully saturated rings. The van der Waals surface area contributed by atoms with Crippen LogP contribution in [0.1, 0.15) is 32.2 Å². The number of thioether (sulfide) groups is 1. The number of imide groups is 1. The van der Waals surface area contributed by atoms with Gasteiger partial charge in [-0.3, -0.25) is 25.1 Å². The Morgan fingerprint density at radius 3 is 2.74 bits per heavy atom. The van der Waals surface area contributed by atoms with Crippen molar-refractivity contribution < 1.29 is 14.4 Å². The summed E-state index contributed by atoms with van der Waals surface area (Å²) in [7, 11) is 0. The Bertz CT molecular complexity index is 1300. The predicted octanol–water partition coefficient (Wildman–Crippen LogP) is 2.40. The summed E-state index contributed by atoms with van der Waals surface area (Å²) < 4.78 is 0. The molecule has 0 unspecified atom stereocenters. The van der Waals surface area contributed by atoms with E-state index in [1.165, 1.54) is 0 Å². The molecule has 1 aliphatic rings. The average molecular weight is 458 g/mol. The minimum absolute atomic E-state index is 0.257. The molecule has 0 radical (unpaired) electrons. The zero-order valence-electron chi connectivity index (χ0n) is 17.0. The highest BCUT2D eigenvalue weighted by molar-refractivity contribution is 7.98. The first kappa shape index (κ1) is 21.1. The summed E-state index contributed by atoms with van der Waals surface area (Å²) >= 11 is 2.66. The molecule has 1 aliphatic heterocycles. The van der Waals surface area contributed by atoms with Crippen LogP contribution in [0.4, 0.5) is 4.79 Å². The van der Waals surface area contributed by atoms with Gasteiger partial charge in [0.25, 0.3) is 11.5 Å². The van der Waals surface area contributed by atoms with Gasteiger partial charge < -0.3 is 4.98 Å². The normalized spacial score (nSPS) is 13.7. The fourth-order valence-electron chi connectivity index (χ4n) is 3.19. The summed E-state index contributed by atoms with van der Waals surface area (Å²) in [5.74, 6) is -0.0797. The van der Waals surface area contributed by atoms with Crippen LogP contribution in [0.3, 0.4) is 0 Å². The van der Waals surface area contributed by atoms with Crippen molar-refractivity contribution in [1.82, 2.24) is 25.7 Å². The monoisotopic (exact) mass is 457 g/mol. The number of benzene rings is 1. The molecular formula is C20H19N5O4S2. The Hall–Kier alpha value is -3.18. The summed E-state index contributed by atoms with van der Waals surface area (Å²) in [6, 6.07) is 5.50. The number of aryl methyl sites for hydroxylation is 3. The highest BCUT2D eigenvalue weighted by Crippen LogP contribution is 2.29. The van der Waals surface area contributed by atoms with Crippen LogP contribution >= 0.6 is 23.1 Å². The molecule has 3 N–H and O–H groups in total. The quantitative estimate of drug-likeness (QED) is 0.399. The minimum Gasteiger partial charge on any atom is -0.309 e. The van der Waals surface area contributed by atoms with Gasteiger partial charge in [-0.25, -0.2) is 14.8 Å². The number of carbonyl (C=O) groups is 3. The maximum absolute atomic E-state index is 12.7. The number of H-pyrrole nitrogens is 1. The number of rotatable bonds is 5. The second kappa shape index (κ2) is 8.16. The third-order valence-electron chi connectivity index (χ3n) is 4.79. The van der Waals surface area contributed by atoms with Gasteiger partial charge in [0, 0.05) is 4.90 Å². The third-order valence-corrected chi connectivity index (χ3v) is 7.15. The van der Waals surface area contributed by atoms with E-state index in [2.05, 4.69) is 32.8 Å². The number of amides is 4. The van der Waals surface area contributed by atoms with Crippen LogP contribution in [0.15, 0.2) is 27.9 Å². The van der Waals surface area contributed by atoms with Gasteiger partial charge in [-0.15, -0.1) is 23.1 Å². The van der Waals surface area contributed by atoms with Crippen LogP contribution in [-0.4, -0.2) is 39.4 Å². The third kappa shape index (κ3) is 4.19. The smallest absolute Gasteiger partial charge is 0.309 e. The van der Waals surface area contributed by atoms with E-state index in [0.29, 0.717) is 27.4 Å². The van der Waals surface area contributed by atoms with E-state index in [1.54, 1.807) is 18.7 Å². The number of carbonyl (C=O) groups excluding carboxylic acids is 3. The molecule has 0 bridgehead atoms. The van der Waals surface area contributed by atoms with Crippen LogP contribution in [0, 0.1) is 20.8 Å². The first-order valence-electron chi connectivity index (χ1n) is 9.37. The molecule has 1 aromatic carbocycles. The van der Waals surface area contributed by atoms with Crippen molar-refractivity contribution in [2.45, 2.75) is 31.4 Å². The van der Waals surface area contributed by atoms with Crippen molar-refractivity contribution in [2.75, 3.05) is 6.54 Å². The fraction of sp³-hybridized carbons (Fsp3) is 0.250. The van der Waals surface area contributed by atoms with Crippen LogP contribution in [0.5, 0.6) is 0 Å². The van der Waals surface area contributed by atoms with Crippen LogP contribution in [0.25, 0.3) is 10.2 Å². The minimum atomic E-state index is -0.696.